The molecule has 1 aliphatic rings. The highest BCUT2D eigenvalue weighted by Crippen LogP contribution is 2.28. The van der Waals surface area contributed by atoms with Crippen LogP contribution in [0.15, 0.2) is 0 Å². The van der Waals surface area contributed by atoms with Crippen LogP contribution < -0.4 is 10.6 Å². The summed E-state index contributed by atoms with van der Waals surface area (Å²) in [7, 11) is 0. The monoisotopic (exact) mass is 270 g/mol. The average molecular weight is 270 g/mol. The van der Waals surface area contributed by atoms with Crippen molar-refractivity contribution in [3.8, 4) is 0 Å². The van der Waals surface area contributed by atoms with Gasteiger partial charge in [0.2, 0.25) is 11.8 Å². The van der Waals surface area contributed by atoms with Crippen LogP contribution in [0.4, 0.5) is 0 Å². The molecular formula is C13H22N2O4. The number of aliphatic carboxylic acids is 1. The summed E-state index contributed by atoms with van der Waals surface area (Å²) in [5.74, 6) is -1.05. The van der Waals surface area contributed by atoms with Gasteiger partial charge in [-0.05, 0) is 38.5 Å². The predicted molar refractivity (Wildman–Crippen MR) is 69.4 cm³/mol. The van der Waals surface area contributed by atoms with Crippen molar-refractivity contribution in [2.45, 2.75) is 45.6 Å². The van der Waals surface area contributed by atoms with Crippen LogP contribution in [0.1, 0.15) is 39.5 Å². The second kappa shape index (κ2) is 7.11. The molecule has 0 aromatic heterocycles. The van der Waals surface area contributed by atoms with Crippen molar-refractivity contribution >= 4 is 17.8 Å². The molecule has 1 aliphatic carbocycles. The van der Waals surface area contributed by atoms with Gasteiger partial charge < -0.3 is 15.7 Å². The van der Waals surface area contributed by atoms with Crippen molar-refractivity contribution in [2.24, 2.45) is 11.8 Å². The first-order valence-corrected chi connectivity index (χ1v) is 6.67. The fourth-order valence-electron chi connectivity index (χ4n) is 2.38. The van der Waals surface area contributed by atoms with E-state index >= 15 is 0 Å². The summed E-state index contributed by atoms with van der Waals surface area (Å²) in [4.78, 5) is 33.3. The number of amides is 2. The number of carboxylic acid groups (broad SMARTS) is 1. The maximum Gasteiger partial charge on any atom is 0.306 e. The van der Waals surface area contributed by atoms with Gasteiger partial charge in [-0.2, -0.15) is 0 Å². The summed E-state index contributed by atoms with van der Waals surface area (Å²) in [5, 5.41) is 14.2. The molecule has 108 valence electrons. The Morgan fingerprint density at radius 1 is 1.21 bits per heavy atom. The molecule has 1 fully saturated rings. The first-order valence-electron chi connectivity index (χ1n) is 6.67. The molecule has 1 unspecified atom stereocenters. The van der Waals surface area contributed by atoms with Gasteiger partial charge in [0, 0.05) is 13.5 Å². The van der Waals surface area contributed by atoms with Gasteiger partial charge >= 0.3 is 5.97 Å². The van der Waals surface area contributed by atoms with E-state index in [-0.39, 0.29) is 17.7 Å². The third-order valence-corrected chi connectivity index (χ3v) is 3.57. The van der Waals surface area contributed by atoms with Crippen molar-refractivity contribution in [3.63, 3.8) is 0 Å². The van der Waals surface area contributed by atoms with E-state index in [4.69, 9.17) is 5.11 Å². The first kappa shape index (κ1) is 15.5. The highest BCUT2D eigenvalue weighted by atomic mass is 16.4. The van der Waals surface area contributed by atoms with E-state index in [1.807, 2.05) is 0 Å². The summed E-state index contributed by atoms with van der Waals surface area (Å²) >= 11 is 0. The van der Waals surface area contributed by atoms with Crippen LogP contribution in [-0.2, 0) is 14.4 Å². The summed E-state index contributed by atoms with van der Waals surface area (Å²) < 4.78 is 0. The van der Waals surface area contributed by atoms with Gasteiger partial charge in [-0.25, -0.2) is 0 Å². The average Bonchev–Trinajstić information content (AvgIpc) is 2.35. The zero-order valence-corrected chi connectivity index (χ0v) is 11.4. The van der Waals surface area contributed by atoms with Gasteiger partial charge in [0.1, 0.15) is 6.04 Å². The molecular weight excluding hydrogens is 248 g/mol. The summed E-state index contributed by atoms with van der Waals surface area (Å²) in [5.41, 5.74) is 0. The van der Waals surface area contributed by atoms with Crippen molar-refractivity contribution < 1.29 is 19.5 Å². The number of carbonyl (C=O) groups is 3. The number of carboxylic acids is 1. The third kappa shape index (κ3) is 5.28. The molecule has 1 atom stereocenters. The van der Waals surface area contributed by atoms with E-state index < -0.39 is 12.0 Å². The van der Waals surface area contributed by atoms with Crippen LogP contribution in [0.2, 0.25) is 0 Å². The molecule has 0 bridgehead atoms. The minimum atomic E-state index is -0.721. The van der Waals surface area contributed by atoms with Crippen LogP contribution in [0.25, 0.3) is 0 Å². The van der Waals surface area contributed by atoms with Gasteiger partial charge in [0.05, 0.1) is 5.92 Å². The molecule has 0 aromatic carbocycles. The van der Waals surface area contributed by atoms with Gasteiger partial charge in [0.25, 0.3) is 0 Å². The Kier molecular flexibility index (Phi) is 5.79. The normalized spacial score (nSPS) is 24.3. The third-order valence-electron chi connectivity index (χ3n) is 3.57. The standard InChI is InChI=1S/C13H22N2O4/c1-8(15-9(2)16)12(17)14-7-10-3-5-11(6-4-10)13(18)19/h8,10-11H,3-7H2,1-2H3,(H,14,17)(H,15,16)(H,18,19). The van der Waals surface area contributed by atoms with Crippen molar-refractivity contribution in [2.75, 3.05) is 6.54 Å². The van der Waals surface area contributed by atoms with Gasteiger partial charge in [-0.1, -0.05) is 0 Å². The Labute approximate surface area is 112 Å². The number of hydrogen-bond acceptors (Lipinski definition) is 3. The number of rotatable bonds is 5. The van der Waals surface area contributed by atoms with Gasteiger partial charge in [-0.3, -0.25) is 14.4 Å². The lowest BCUT2D eigenvalue weighted by Crippen LogP contribution is -2.45. The maximum absolute atomic E-state index is 11.7. The molecule has 2 amide bonds. The molecule has 19 heavy (non-hydrogen) atoms. The molecule has 0 aromatic rings. The molecule has 0 saturated heterocycles. The second-order valence-corrected chi connectivity index (χ2v) is 5.22. The number of nitrogens with one attached hydrogen (secondary N) is 2. The maximum atomic E-state index is 11.7. The zero-order chi connectivity index (χ0) is 14.4. The number of carbonyl (C=O) groups excluding carboxylic acids is 2. The topological polar surface area (TPSA) is 95.5 Å². The van der Waals surface area contributed by atoms with Crippen molar-refractivity contribution in [1.82, 2.24) is 10.6 Å². The molecule has 6 nitrogen and oxygen atoms in total. The lowest BCUT2D eigenvalue weighted by molar-refractivity contribution is -0.143. The second-order valence-electron chi connectivity index (χ2n) is 5.22. The highest BCUT2D eigenvalue weighted by molar-refractivity contribution is 5.86. The fourth-order valence-corrected chi connectivity index (χ4v) is 2.38. The summed E-state index contributed by atoms with van der Waals surface area (Å²) in [6, 6.07) is -0.534. The lowest BCUT2D eigenvalue weighted by atomic mass is 9.82. The summed E-state index contributed by atoms with van der Waals surface area (Å²) in [6.45, 7) is 3.56. The Morgan fingerprint density at radius 2 is 1.79 bits per heavy atom. The van der Waals surface area contributed by atoms with Crippen molar-refractivity contribution in [1.29, 1.82) is 0 Å². The molecule has 0 radical (unpaired) electrons. The Balaban J connectivity index is 2.25. The van der Waals surface area contributed by atoms with E-state index in [0.717, 1.165) is 12.8 Å². The number of hydrogen-bond donors (Lipinski definition) is 3. The first-order chi connectivity index (χ1) is 8.90. The van der Waals surface area contributed by atoms with Crippen LogP contribution in [0.5, 0.6) is 0 Å². The molecule has 3 N–H and O–H groups in total. The van der Waals surface area contributed by atoms with Crippen LogP contribution in [0.3, 0.4) is 0 Å². The van der Waals surface area contributed by atoms with E-state index in [0.29, 0.717) is 25.3 Å². The molecule has 0 aliphatic heterocycles. The molecule has 6 heteroatoms. The minimum absolute atomic E-state index is 0.199. The SMILES string of the molecule is CC(=O)NC(C)C(=O)NCC1CCC(C(=O)O)CC1. The highest BCUT2D eigenvalue weighted by Gasteiger charge is 2.26. The van der Waals surface area contributed by atoms with E-state index in [1.54, 1.807) is 6.92 Å². The predicted octanol–water partition coefficient (Wildman–Crippen LogP) is 0.518. The molecule has 0 heterocycles. The molecule has 1 rings (SSSR count). The smallest absolute Gasteiger partial charge is 0.306 e. The minimum Gasteiger partial charge on any atom is -0.481 e. The molecule has 1 saturated carbocycles. The van der Waals surface area contributed by atoms with Crippen molar-refractivity contribution in [3.05, 3.63) is 0 Å². The van der Waals surface area contributed by atoms with Crippen LogP contribution in [-0.4, -0.2) is 35.5 Å². The Hall–Kier alpha value is -1.59. The Bertz CT molecular complexity index is 349. The zero-order valence-electron chi connectivity index (χ0n) is 11.4. The van der Waals surface area contributed by atoms with Gasteiger partial charge in [0.15, 0.2) is 0 Å². The largest absolute Gasteiger partial charge is 0.481 e. The fraction of sp³-hybridized carbons (Fsp3) is 0.769. The quantitative estimate of drug-likeness (QED) is 0.678. The lowest BCUT2D eigenvalue weighted by Gasteiger charge is -2.26. The van der Waals surface area contributed by atoms with Gasteiger partial charge in [-0.15, -0.1) is 0 Å². The van der Waals surface area contributed by atoms with E-state index in [9.17, 15) is 14.4 Å². The van der Waals surface area contributed by atoms with E-state index in [1.165, 1.54) is 6.92 Å². The van der Waals surface area contributed by atoms with Crippen LogP contribution >= 0.6 is 0 Å². The Morgan fingerprint density at radius 3 is 2.26 bits per heavy atom. The van der Waals surface area contributed by atoms with E-state index in [2.05, 4.69) is 10.6 Å². The summed E-state index contributed by atoms with van der Waals surface area (Å²) in [6.07, 6.45) is 3.01. The van der Waals surface area contributed by atoms with Crippen LogP contribution in [0, 0.1) is 11.8 Å². The molecule has 0 spiro atoms.